The molecule has 1 saturated heterocycles. The summed E-state index contributed by atoms with van der Waals surface area (Å²) in [6, 6.07) is 4.45. The number of hydrogen-bond acceptors (Lipinski definition) is 7. The van der Waals surface area contributed by atoms with Crippen molar-refractivity contribution in [2.24, 2.45) is 0 Å². The van der Waals surface area contributed by atoms with Gasteiger partial charge in [0.1, 0.15) is 17.7 Å². The molecule has 1 aliphatic heterocycles. The number of ketones is 1. The van der Waals surface area contributed by atoms with Crippen LogP contribution in [0.2, 0.25) is 0 Å². The van der Waals surface area contributed by atoms with Crippen LogP contribution in [0.4, 0.5) is 15.9 Å². The first-order valence-electron chi connectivity index (χ1n) is 8.98. The minimum absolute atomic E-state index is 0.0365. The Bertz CT molecular complexity index is 1060. The highest BCUT2D eigenvalue weighted by Gasteiger charge is 2.27. The summed E-state index contributed by atoms with van der Waals surface area (Å²) >= 11 is 0. The van der Waals surface area contributed by atoms with E-state index in [1.165, 1.54) is 25.4 Å². The molecule has 0 saturated carbocycles. The molecule has 2 aromatic heterocycles. The summed E-state index contributed by atoms with van der Waals surface area (Å²) in [5.41, 5.74) is 14.5. The Morgan fingerprint density at radius 1 is 1.29 bits per heavy atom. The Labute approximate surface area is 160 Å². The highest BCUT2D eigenvalue weighted by Crippen LogP contribution is 2.37. The summed E-state index contributed by atoms with van der Waals surface area (Å²) in [7, 11) is 0. The van der Waals surface area contributed by atoms with Crippen LogP contribution in [0, 0.1) is 5.82 Å². The highest BCUT2D eigenvalue weighted by molar-refractivity contribution is 6.08. The molecule has 3 aromatic rings. The normalized spacial score (nSPS) is 15.2. The molecule has 0 bridgehead atoms. The number of fused-ring (bicyclic) bond motifs is 1. The quantitative estimate of drug-likeness (QED) is 0.520. The van der Waals surface area contributed by atoms with Gasteiger partial charge in [0.25, 0.3) is 0 Å². The average Bonchev–Trinajstić information content (AvgIpc) is 3.01. The molecule has 1 fully saturated rings. The number of hydrogen-bond donors (Lipinski definition) is 2. The molecule has 1 aliphatic rings. The van der Waals surface area contributed by atoms with Crippen molar-refractivity contribution in [1.29, 1.82) is 0 Å². The van der Waals surface area contributed by atoms with Gasteiger partial charge in [-0.1, -0.05) is 6.07 Å². The van der Waals surface area contributed by atoms with Gasteiger partial charge >= 0.3 is 0 Å². The third kappa shape index (κ3) is 3.08. The summed E-state index contributed by atoms with van der Waals surface area (Å²) in [6.45, 7) is 4.73. The largest absolute Gasteiger partial charge is 0.396 e. The first-order valence-corrected chi connectivity index (χ1v) is 8.98. The lowest BCUT2D eigenvalue weighted by Gasteiger charge is -2.26. The number of halogens is 1. The summed E-state index contributed by atoms with van der Waals surface area (Å²) < 4.78 is 21.2. The van der Waals surface area contributed by atoms with Crippen molar-refractivity contribution in [3.63, 3.8) is 0 Å². The average molecular weight is 384 g/mol. The molecule has 9 heteroatoms. The maximum absolute atomic E-state index is 14.2. The number of nitrogen functional groups attached to an aromatic ring is 2. The first kappa shape index (κ1) is 18.3. The van der Waals surface area contributed by atoms with Crippen LogP contribution in [-0.2, 0) is 11.3 Å². The standard InChI is InChI=1S/C19H21FN6O2/c1-11(27)16-15(9-25-4-6-28-7-5-25)26-18(19(22)23-10-24-26)17(16)12-2-3-14(21)13(20)8-12/h2-3,8,10H,4-7,9,21H2,1H3,(H2,22,23,24). The lowest BCUT2D eigenvalue weighted by atomic mass is 9.98. The zero-order valence-electron chi connectivity index (χ0n) is 15.5. The summed E-state index contributed by atoms with van der Waals surface area (Å²) in [4.78, 5) is 18.9. The maximum atomic E-state index is 14.2. The van der Waals surface area contributed by atoms with E-state index in [0.717, 1.165) is 13.1 Å². The molecule has 3 heterocycles. The zero-order valence-corrected chi connectivity index (χ0v) is 15.5. The van der Waals surface area contributed by atoms with Crippen LogP contribution >= 0.6 is 0 Å². The minimum Gasteiger partial charge on any atom is -0.396 e. The molecule has 28 heavy (non-hydrogen) atoms. The maximum Gasteiger partial charge on any atom is 0.162 e. The van der Waals surface area contributed by atoms with Crippen LogP contribution in [-0.4, -0.2) is 51.6 Å². The smallest absolute Gasteiger partial charge is 0.162 e. The molecule has 0 aliphatic carbocycles. The van der Waals surface area contributed by atoms with Crippen LogP contribution in [0.3, 0.4) is 0 Å². The van der Waals surface area contributed by atoms with Gasteiger partial charge in [0.2, 0.25) is 0 Å². The van der Waals surface area contributed by atoms with Crippen molar-refractivity contribution < 1.29 is 13.9 Å². The van der Waals surface area contributed by atoms with Crippen molar-refractivity contribution in [3.8, 4) is 11.1 Å². The van der Waals surface area contributed by atoms with E-state index in [4.69, 9.17) is 16.2 Å². The van der Waals surface area contributed by atoms with Gasteiger partial charge in [0.05, 0.1) is 30.2 Å². The van der Waals surface area contributed by atoms with Gasteiger partial charge in [-0.05, 0) is 24.6 Å². The topological polar surface area (TPSA) is 112 Å². The van der Waals surface area contributed by atoms with E-state index in [1.54, 1.807) is 10.6 Å². The van der Waals surface area contributed by atoms with Gasteiger partial charge in [-0.15, -0.1) is 0 Å². The van der Waals surface area contributed by atoms with Crippen molar-refractivity contribution in [2.45, 2.75) is 13.5 Å². The van der Waals surface area contributed by atoms with Gasteiger partial charge in [0.15, 0.2) is 11.6 Å². The fraction of sp³-hybridized carbons (Fsp3) is 0.316. The van der Waals surface area contributed by atoms with Gasteiger partial charge < -0.3 is 16.2 Å². The van der Waals surface area contributed by atoms with Crippen LogP contribution in [0.25, 0.3) is 16.6 Å². The molecule has 0 amide bonds. The third-order valence-corrected chi connectivity index (χ3v) is 4.97. The zero-order chi connectivity index (χ0) is 19.8. The number of rotatable bonds is 4. The number of nitrogens with zero attached hydrogens (tertiary/aromatic N) is 4. The highest BCUT2D eigenvalue weighted by atomic mass is 19.1. The second-order valence-corrected chi connectivity index (χ2v) is 6.78. The van der Waals surface area contributed by atoms with E-state index in [9.17, 15) is 9.18 Å². The van der Waals surface area contributed by atoms with E-state index in [2.05, 4.69) is 15.0 Å². The lowest BCUT2D eigenvalue weighted by molar-refractivity contribution is 0.0333. The fourth-order valence-corrected chi connectivity index (χ4v) is 3.63. The van der Waals surface area contributed by atoms with Crippen molar-refractivity contribution in [1.82, 2.24) is 19.5 Å². The minimum atomic E-state index is -0.559. The van der Waals surface area contributed by atoms with Gasteiger partial charge in [-0.2, -0.15) is 5.10 Å². The third-order valence-electron chi connectivity index (χ3n) is 4.97. The Balaban J connectivity index is 1.98. The van der Waals surface area contributed by atoms with Gasteiger partial charge in [-0.3, -0.25) is 9.69 Å². The second-order valence-electron chi connectivity index (χ2n) is 6.78. The first-order chi connectivity index (χ1) is 13.5. The number of carbonyl (C=O) groups is 1. The van der Waals surface area contributed by atoms with E-state index < -0.39 is 5.82 Å². The van der Waals surface area contributed by atoms with Gasteiger partial charge in [-0.25, -0.2) is 13.9 Å². The number of aromatic nitrogens is 3. The molecule has 4 N–H and O–H groups in total. The van der Waals surface area contributed by atoms with Crippen LogP contribution in [0.1, 0.15) is 23.0 Å². The van der Waals surface area contributed by atoms with Crippen molar-refractivity contribution in [2.75, 3.05) is 37.8 Å². The van der Waals surface area contributed by atoms with E-state index in [-0.39, 0.29) is 17.3 Å². The Hall–Kier alpha value is -3.04. The summed E-state index contributed by atoms with van der Waals surface area (Å²) in [5, 5.41) is 4.33. The number of ether oxygens (including phenoxy) is 1. The van der Waals surface area contributed by atoms with Crippen molar-refractivity contribution in [3.05, 3.63) is 41.6 Å². The second kappa shape index (κ2) is 7.17. The summed E-state index contributed by atoms with van der Waals surface area (Å²) in [5.74, 6) is -0.491. The number of anilines is 2. The van der Waals surface area contributed by atoms with Crippen LogP contribution in [0.15, 0.2) is 24.5 Å². The molecule has 8 nitrogen and oxygen atoms in total. The van der Waals surface area contributed by atoms with Gasteiger partial charge in [0, 0.05) is 25.2 Å². The van der Waals surface area contributed by atoms with Crippen LogP contribution in [0.5, 0.6) is 0 Å². The summed E-state index contributed by atoms with van der Waals surface area (Å²) in [6.07, 6.45) is 1.35. The predicted molar refractivity (Wildman–Crippen MR) is 103 cm³/mol. The van der Waals surface area contributed by atoms with E-state index in [0.29, 0.717) is 47.7 Å². The van der Waals surface area contributed by atoms with Crippen LogP contribution < -0.4 is 11.5 Å². The molecule has 0 radical (unpaired) electrons. The SMILES string of the molecule is CC(=O)c1c(-c2ccc(N)c(F)c2)c2c(N)ncnn2c1CN1CCOCC1. The number of morpholine rings is 1. The molecule has 146 valence electrons. The molecular weight excluding hydrogens is 363 g/mol. The number of benzene rings is 1. The van der Waals surface area contributed by atoms with Crippen molar-refractivity contribution >= 4 is 22.8 Å². The monoisotopic (exact) mass is 384 g/mol. The molecule has 0 spiro atoms. The molecule has 0 atom stereocenters. The molecule has 1 aromatic carbocycles. The predicted octanol–water partition coefficient (Wildman–Crippen LogP) is 1.73. The fourth-order valence-electron chi connectivity index (χ4n) is 3.63. The Kier molecular flexibility index (Phi) is 4.70. The number of Topliss-reactive ketones (excluding diaryl/α,β-unsaturated/α-hetero) is 1. The van der Waals surface area contributed by atoms with E-state index >= 15 is 0 Å². The van der Waals surface area contributed by atoms with E-state index in [1.807, 2.05) is 0 Å². The Morgan fingerprint density at radius 2 is 2.04 bits per heavy atom. The molecular formula is C19H21FN6O2. The number of carbonyl (C=O) groups excluding carboxylic acids is 1. The molecule has 4 rings (SSSR count). The number of nitrogens with two attached hydrogens (primary N) is 2. The lowest BCUT2D eigenvalue weighted by Crippen LogP contribution is -2.36. The molecule has 0 unspecified atom stereocenters. The Morgan fingerprint density at radius 3 is 2.71 bits per heavy atom.